The van der Waals surface area contributed by atoms with E-state index in [4.69, 9.17) is 15.0 Å². The minimum Gasteiger partial charge on any atom is -0.306 e. The maximum atomic E-state index is 5.21. The lowest BCUT2D eigenvalue weighted by Crippen LogP contribution is -2.07. The summed E-state index contributed by atoms with van der Waals surface area (Å²) in [6.07, 6.45) is 3.84. The standard InChI is InChI=1S/C42H26N6/c1-4-12-28(13-5-1)40-44-41(29-14-6-2-7-15-29)46-42(45-40)48-36-19-11-10-18-31(36)32-22-23-34-33-21-20-27-24-25-43-26-35(27)37(33)47(38(34)39(32)48)30-16-8-3-9-17-30/h1-26H. The van der Waals surface area contributed by atoms with Gasteiger partial charge in [0.25, 0.3) is 0 Å². The summed E-state index contributed by atoms with van der Waals surface area (Å²) in [5.74, 6) is 1.81. The molecule has 6 heteroatoms. The molecular formula is C42H26N6. The first-order valence-electron chi connectivity index (χ1n) is 16.0. The van der Waals surface area contributed by atoms with E-state index in [9.17, 15) is 0 Å². The van der Waals surface area contributed by atoms with Crippen LogP contribution in [-0.4, -0.2) is 29.1 Å². The van der Waals surface area contributed by atoms with Gasteiger partial charge in [0.05, 0.1) is 22.1 Å². The Hall–Kier alpha value is -6.66. The van der Waals surface area contributed by atoms with E-state index in [2.05, 4.69) is 99.0 Å². The molecule has 224 valence electrons. The van der Waals surface area contributed by atoms with Gasteiger partial charge in [0.2, 0.25) is 5.95 Å². The minimum absolute atomic E-state index is 0.567. The molecule has 4 heterocycles. The molecule has 4 aromatic heterocycles. The Balaban J connectivity index is 1.42. The van der Waals surface area contributed by atoms with Crippen LogP contribution in [0.4, 0.5) is 0 Å². The largest absolute Gasteiger partial charge is 0.306 e. The van der Waals surface area contributed by atoms with Gasteiger partial charge in [-0.25, -0.2) is 4.98 Å². The molecule has 0 saturated heterocycles. The van der Waals surface area contributed by atoms with Crippen LogP contribution in [0.5, 0.6) is 0 Å². The number of nitrogens with zero attached hydrogens (tertiary/aromatic N) is 6. The first-order valence-corrected chi connectivity index (χ1v) is 16.0. The summed E-state index contributed by atoms with van der Waals surface area (Å²) < 4.78 is 4.62. The molecule has 0 saturated carbocycles. The zero-order chi connectivity index (χ0) is 31.6. The molecule has 0 unspecified atom stereocenters. The van der Waals surface area contributed by atoms with E-state index in [1.54, 1.807) is 0 Å². The van der Waals surface area contributed by atoms with Crippen molar-refractivity contribution in [1.29, 1.82) is 0 Å². The van der Waals surface area contributed by atoms with Gasteiger partial charge in [0, 0.05) is 56.1 Å². The second-order valence-corrected chi connectivity index (χ2v) is 12.0. The molecule has 0 spiro atoms. The average Bonchev–Trinajstić information content (AvgIpc) is 3.69. The molecule has 10 rings (SSSR count). The molecule has 6 nitrogen and oxygen atoms in total. The zero-order valence-corrected chi connectivity index (χ0v) is 25.7. The average molecular weight is 615 g/mol. The van der Waals surface area contributed by atoms with Crippen molar-refractivity contribution in [3.05, 3.63) is 158 Å². The highest BCUT2D eigenvalue weighted by molar-refractivity contribution is 6.26. The normalized spacial score (nSPS) is 11.8. The Morgan fingerprint density at radius 3 is 1.67 bits per heavy atom. The van der Waals surface area contributed by atoms with Crippen LogP contribution in [0.2, 0.25) is 0 Å². The Bertz CT molecular complexity index is 2760. The van der Waals surface area contributed by atoms with Gasteiger partial charge in [-0.1, -0.05) is 121 Å². The van der Waals surface area contributed by atoms with Gasteiger partial charge in [0.15, 0.2) is 11.6 Å². The number of benzene rings is 6. The van der Waals surface area contributed by atoms with Crippen molar-refractivity contribution in [2.45, 2.75) is 0 Å². The number of rotatable bonds is 4. The SMILES string of the molecule is c1ccc(-c2nc(-c3ccccc3)nc(-n3c4ccccc4c4ccc5c6ccc7ccncc7c6n(-c6ccccc6)c5c43)n2)cc1. The van der Waals surface area contributed by atoms with Crippen LogP contribution >= 0.6 is 0 Å². The zero-order valence-electron chi connectivity index (χ0n) is 25.7. The fourth-order valence-electron chi connectivity index (χ4n) is 7.14. The Morgan fingerprint density at radius 2 is 0.958 bits per heavy atom. The van der Waals surface area contributed by atoms with Crippen LogP contribution in [0.15, 0.2) is 158 Å². The molecule has 0 bridgehead atoms. The number of pyridine rings is 1. The second kappa shape index (κ2) is 10.4. The lowest BCUT2D eigenvalue weighted by Gasteiger charge is -2.13. The van der Waals surface area contributed by atoms with E-state index in [-0.39, 0.29) is 0 Å². The van der Waals surface area contributed by atoms with E-state index in [1.165, 1.54) is 5.39 Å². The van der Waals surface area contributed by atoms with E-state index in [0.29, 0.717) is 17.6 Å². The Kier molecular flexibility index (Phi) is 5.77. The van der Waals surface area contributed by atoms with Crippen molar-refractivity contribution in [3.8, 4) is 34.4 Å². The third kappa shape index (κ3) is 3.93. The summed E-state index contributed by atoms with van der Waals surface area (Å²) in [6, 6.07) is 50.4. The third-order valence-corrected chi connectivity index (χ3v) is 9.24. The predicted octanol–water partition coefficient (Wildman–Crippen LogP) is 9.95. The van der Waals surface area contributed by atoms with Gasteiger partial charge in [-0.15, -0.1) is 0 Å². The van der Waals surface area contributed by atoms with Crippen LogP contribution in [0.1, 0.15) is 0 Å². The van der Waals surface area contributed by atoms with Gasteiger partial charge >= 0.3 is 0 Å². The molecule has 0 atom stereocenters. The summed E-state index contributed by atoms with van der Waals surface area (Å²) in [4.78, 5) is 20.0. The number of fused-ring (bicyclic) bond motifs is 9. The van der Waals surface area contributed by atoms with Crippen molar-refractivity contribution in [2.24, 2.45) is 0 Å². The lowest BCUT2D eigenvalue weighted by atomic mass is 10.1. The molecule has 0 aliphatic carbocycles. The summed E-state index contributed by atoms with van der Waals surface area (Å²) in [7, 11) is 0. The summed E-state index contributed by atoms with van der Waals surface area (Å²) in [5.41, 5.74) is 7.21. The fourth-order valence-corrected chi connectivity index (χ4v) is 7.14. The van der Waals surface area contributed by atoms with Crippen LogP contribution < -0.4 is 0 Å². The molecule has 48 heavy (non-hydrogen) atoms. The smallest absolute Gasteiger partial charge is 0.238 e. The quantitative estimate of drug-likeness (QED) is 0.198. The van der Waals surface area contributed by atoms with Crippen LogP contribution in [0.3, 0.4) is 0 Å². The summed E-state index contributed by atoms with van der Waals surface area (Å²) >= 11 is 0. The van der Waals surface area contributed by atoms with E-state index >= 15 is 0 Å². The molecular weight excluding hydrogens is 589 g/mol. The first kappa shape index (κ1) is 26.5. The van der Waals surface area contributed by atoms with Crippen molar-refractivity contribution < 1.29 is 0 Å². The molecule has 0 amide bonds. The maximum Gasteiger partial charge on any atom is 0.238 e. The van der Waals surface area contributed by atoms with Crippen molar-refractivity contribution in [3.63, 3.8) is 0 Å². The monoisotopic (exact) mass is 614 g/mol. The van der Waals surface area contributed by atoms with Crippen LogP contribution in [0.25, 0.3) is 88.8 Å². The van der Waals surface area contributed by atoms with Crippen molar-refractivity contribution in [1.82, 2.24) is 29.1 Å². The Morgan fingerprint density at radius 1 is 0.396 bits per heavy atom. The van der Waals surface area contributed by atoms with E-state index < -0.39 is 0 Å². The number of hydrogen-bond acceptors (Lipinski definition) is 4. The topological polar surface area (TPSA) is 61.4 Å². The molecule has 6 aromatic carbocycles. The second-order valence-electron chi connectivity index (χ2n) is 12.0. The lowest BCUT2D eigenvalue weighted by molar-refractivity contribution is 0.953. The number of hydrogen-bond donors (Lipinski definition) is 0. The minimum atomic E-state index is 0.567. The van der Waals surface area contributed by atoms with Gasteiger partial charge in [-0.3, -0.25) is 9.55 Å². The number of aromatic nitrogens is 6. The highest BCUT2D eigenvalue weighted by atomic mass is 15.2. The van der Waals surface area contributed by atoms with Gasteiger partial charge in [-0.2, -0.15) is 9.97 Å². The van der Waals surface area contributed by atoms with Crippen molar-refractivity contribution in [2.75, 3.05) is 0 Å². The molecule has 0 N–H and O–H groups in total. The molecule has 0 aliphatic rings. The van der Waals surface area contributed by atoms with E-state index in [1.807, 2.05) is 73.1 Å². The highest BCUT2D eigenvalue weighted by Crippen LogP contribution is 2.43. The summed E-state index contributed by atoms with van der Waals surface area (Å²) in [6.45, 7) is 0. The van der Waals surface area contributed by atoms with E-state index in [0.717, 1.165) is 65.8 Å². The summed E-state index contributed by atoms with van der Waals surface area (Å²) in [5, 5.41) is 6.82. The van der Waals surface area contributed by atoms with Gasteiger partial charge in [-0.05, 0) is 29.7 Å². The first-order chi connectivity index (χ1) is 23.8. The van der Waals surface area contributed by atoms with Crippen LogP contribution in [0, 0.1) is 0 Å². The molecule has 0 radical (unpaired) electrons. The van der Waals surface area contributed by atoms with Crippen molar-refractivity contribution >= 4 is 54.4 Å². The molecule has 0 fully saturated rings. The van der Waals surface area contributed by atoms with Gasteiger partial charge in [0.1, 0.15) is 0 Å². The van der Waals surface area contributed by atoms with Gasteiger partial charge < -0.3 is 4.57 Å². The maximum absolute atomic E-state index is 5.21. The molecule has 0 aliphatic heterocycles. The third-order valence-electron chi connectivity index (χ3n) is 9.24. The number of para-hydroxylation sites is 2. The molecule has 10 aromatic rings. The fraction of sp³-hybridized carbons (Fsp3) is 0. The highest BCUT2D eigenvalue weighted by Gasteiger charge is 2.24. The van der Waals surface area contributed by atoms with Crippen LogP contribution in [-0.2, 0) is 0 Å². The predicted molar refractivity (Wildman–Crippen MR) is 195 cm³/mol. The Labute approximate surface area is 275 Å².